The molecular weight excluding hydrogens is 210 g/mol. The van der Waals surface area contributed by atoms with Crippen LogP contribution in [0.2, 0.25) is 0 Å². The Labute approximate surface area is 109 Å². The molecule has 0 aromatic carbocycles. The van der Waals surface area contributed by atoms with Gasteiger partial charge in [-0.05, 0) is 73.6 Å². The molecule has 0 aliphatic carbocycles. The molecule has 2 fully saturated rings. The SMILES string of the molecule is CCN(C)C.CCN1CCC1.C[C@@H]1CCN1C. The standard InChI is InChI=1S/2C5H11N.C4H11N/c1-5-3-4-6(5)2;1-2-6-4-3-5-6;1-4-5(2)3/h5H,3-4H2,1-2H3;2-5H2,1H3;4H2,1-3H3/t5-;;/m1../s1. The predicted octanol–water partition coefficient (Wildman–Crippen LogP) is 1.99. The van der Waals surface area contributed by atoms with Gasteiger partial charge in [0, 0.05) is 6.04 Å². The molecule has 0 spiro atoms. The Bertz CT molecular complexity index is 156. The lowest BCUT2D eigenvalue weighted by Gasteiger charge is -2.34. The monoisotopic (exact) mass is 243 g/mol. The van der Waals surface area contributed by atoms with Crippen LogP contribution in [0.1, 0.15) is 33.6 Å². The molecule has 0 N–H and O–H groups in total. The van der Waals surface area contributed by atoms with Gasteiger partial charge in [-0.1, -0.05) is 13.8 Å². The molecular formula is C14H33N3. The van der Waals surface area contributed by atoms with Crippen molar-refractivity contribution < 1.29 is 0 Å². The molecule has 2 rings (SSSR count). The minimum atomic E-state index is 0.866. The third-order valence-corrected chi connectivity index (χ3v) is 3.68. The smallest absolute Gasteiger partial charge is 0.00760 e. The zero-order valence-corrected chi connectivity index (χ0v) is 12.9. The predicted molar refractivity (Wildman–Crippen MR) is 77.7 cm³/mol. The van der Waals surface area contributed by atoms with E-state index in [1.54, 1.807) is 0 Å². The Kier molecular flexibility index (Phi) is 9.79. The summed E-state index contributed by atoms with van der Waals surface area (Å²) in [6, 6.07) is 0.866. The van der Waals surface area contributed by atoms with Crippen molar-refractivity contribution in [2.45, 2.75) is 39.7 Å². The Morgan fingerprint density at radius 2 is 1.59 bits per heavy atom. The van der Waals surface area contributed by atoms with Crippen molar-refractivity contribution >= 4 is 0 Å². The lowest BCUT2D eigenvalue weighted by Crippen LogP contribution is -2.41. The molecule has 0 radical (unpaired) electrons. The van der Waals surface area contributed by atoms with Crippen LogP contribution in [0.5, 0.6) is 0 Å². The molecule has 0 bridgehead atoms. The number of rotatable bonds is 2. The molecule has 3 nitrogen and oxygen atoms in total. The zero-order chi connectivity index (χ0) is 13.3. The van der Waals surface area contributed by atoms with Gasteiger partial charge in [0.1, 0.15) is 0 Å². The maximum atomic E-state index is 2.43. The quantitative estimate of drug-likeness (QED) is 0.734. The second-order valence-corrected chi connectivity index (χ2v) is 5.30. The van der Waals surface area contributed by atoms with Gasteiger partial charge in [-0.2, -0.15) is 0 Å². The zero-order valence-electron chi connectivity index (χ0n) is 12.9. The van der Waals surface area contributed by atoms with E-state index in [-0.39, 0.29) is 0 Å². The molecule has 0 unspecified atom stereocenters. The van der Waals surface area contributed by atoms with Gasteiger partial charge in [0.2, 0.25) is 0 Å². The van der Waals surface area contributed by atoms with Crippen LogP contribution < -0.4 is 0 Å². The molecule has 1 atom stereocenters. The van der Waals surface area contributed by atoms with E-state index in [9.17, 15) is 0 Å². The topological polar surface area (TPSA) is 9.72 Å². The van der Waals surface area contributed by atoms with Crippen molar-refractivity contribution in [2.75, 3.05) is 53.9 Å². The summed E-state index contributed by atoms with van der Waals surface area (Å²) in [4.78, 5) is 6.90. The maximum absolute atomic E-state index is 2.43. The van der Waals surface area contributed by atoms with E-state index < -0.39 is 0 Å². The minimum absolute atomic E-state index is 0.866. The highest BCUT2D eigenvalue weighted by molar-refractivity contribution is 4.73. The van der Waals surface area contributed by atoms with Gasteiger partial charge < -0.3 is 14.7 Å². The summed E-state index contributed by atoms with van der Waals surface area (Å²) in [7, 11) is 6.27. The third kappa shape index (κ3) is 8.58. The Morgan fingerprint density at radius 3 is 1.59 bits per heavy atom. The van der Waals surface area contributed by atoms with E-state index in [2.05, 4.69) is 56.6 Å². The molecule has 2 aliphatic heterocycles. The molecule has 0 saturated carbocycles. The largest absolute Gasteiger partial charge is 0.310 e. The fourth-order valence-electron chi connectivity index (χ4n) is 1.34. The first kappa shape index (κ1) is 16.9. The van der Waals surface area contributed by atoms with Gasteiger partial charge >= 0.3 is 0 Å². The van der Waals surface area contributed by atoms with Crippen LogP contribution in [0.15, 0.2) is 0 Å². The average Bonchev–Trinajstić information content (AvgIpc) is 2.26. The minimum Gasteiger partial charge on any atom is -0.310 e. The summed E-state index contributed by atoms with van der Waals surface area (Å²) in [5, 5.41) is 0. The summed E-state index contributed by atoms with van der Waals surface area (Å²) in [6.45, 7) is 13.0. The van der Waals surface area contributed by atoms with Gasteiger partial charge in [-0.3, -0.25) is 0 Å². The molecule has 3 heteroatoms. The van der Waals surface area contributed by atoms with Crippen molar-refractivity contribution in [3.8, 4) is 0 Å². The second kappa shape index (κ2) is 9.86. The van der Waals surface area contributed by atoms with Gasteiger partial charge in [-0.25, -0.2) is 0 Å². The van der Waals surface area contributed by atoms with E-state index in [1.807, 2.05) is 0 Å². The lowest BCUT2D eigenvalue weighted by molar-refractivity contribution is 0.143. The van der Waals surface area contributed by atoms with Crippen LogP contribution in [-0.2, 0) is 0 Å². The summed E-state index contributed by atoms with van der Waals surface area (Å²) in [6.07, 6.45) is 2.82. The van der Waals surface area contributed by atoms with E-state index in [0.717, 1.165) is 12.6 Å². The normalized spacial score (nSPS) is 23.8. The molecule has 2 heterocycles. The molecule has 17 heavy (non-hydrogen) atoms. The van der Waals surface area contributed by atoms with Crippen molar-refractivity contribution in [1.82, 2.24) is 14.7 Å². The molecule has 2 aliphatic rings. The highest BCUT2D eigenvalue weighted by atomic mass is 15.2. The van der Waals surface area contributed by atoms with E-state index in [0.29, 0.717) is 0 Å². The van der Waals surface area contributed by atoms with Crippen molar-refractivity contribution in [3.63, 3.8) is 0 Å². The fourth-order valence-corrected chi connectivity index (χ4v) is 1.34. The second-order valence-electron chi connectivity index (χ2n) is 5.30. The van der Waals surface area contributed by atoms with Gasteiger partial charge in [0.05, 0.1) is 0 Å². The van der Waals surface area contributed by atoms with E-state index in [4.69, 9.17) is 0 Å². The van der Waals surface area contributed by atoms with Gasteiger partial charge in [0.25, 0.3) is 0 Å². The fraction of sp³-hybridized carbons (Fsp3) is 1.00. The van der Waals surface area contributed by atoms with Crippen LogP contribution in [0.25, 0.3) is 0 Å². The number of nitrogens with zero attached hydrogens (tertiary/aromatic N) is 3. The number of hydrogen-bond acceptors (Lipinski definition) is 3. The Hall–Kier alpha value is -0.120. The molecule has 2 saturated heterocycles. The van der Waals surface area contributed by atoms with Crippen LogP contribution in [-0.4, -0.2) is 74.6 Å². The highest BCUT2D eigenvalue weighted by Crippen LogP contribution is 2.11. The summed E-state index contributed by atoms with van der Waals surface area (Å²) in [5.74, 6) is 0. The first-order chi connectivity index (χ1) is 8.01. The summed E-state index contributed by atoms with van der Waals surface area (Å²) < 4.78 is 0. The molecule has 0 aromatic heterocycles. The lowest BCUT2D eigenvalue weighted by atomic mass is 10.1. The van der Waals surface area contributed by atoms with Crippen LogP contribution >= 0.6 is 0 Å². The number of hydrogen-bond donors (Lipinski definition) is 0. The Balaban J connectivity index is 0.000000228. The third-order valence-electron chi connectivity index (χ3n) is 3.68. The van der Waals surface area contributed by atoms with E-state index in [1.165, 1.54) is 39.0 Å². The maximum Gasteiger partial charge on any atom is 0.00760 e. The first-order valence-electron chi connectivity index (χ1n) is 7.08. The van der Waals surface area contributed by atoms with Gasteiger partial charge in [-0.15, -0.1) is 0 Å². The summed E-state index contributed by atoms with van der Waals surface area (Å²) >= 11 is 0. The first-order valence-corrected chi connectivity index (χ1v) is 7.08. The van der Waals surface area contributed by atoms with Crippen LogP contribution in [0.4, 0.5) is 0 Å². The molecule has 104 valence electrons. The van der Waals surface area contributed by atoms with Crippen molar-refractivity contribution in [1.29, 1.82) is 0 Å². The van der Waals surface area contributed by atoms with Crippen molar-refractivity contribution in [3.05, 3.63) is 0 Å². The molecule has 0 aromatic rings. The van der Waals surface area contributed by atoms with Crippen LogP contribution in [0.3, 0.4) is 0 Å². The van der Waals surface area contributed by atoms with E-state index >= 15 is 0 Å². The Morgan fingerprint density at radius 1 is 1.12 bits per heavy atom. The summed E-state index contributed by atoms with van der Waals surface area (Å²) in [5.41, 5.74) is 0. The van der Waals surface area contributed by atoms with Crippen LogP contribution in [0, 0.1) is 0 Å². The highest BCUT2D eigenvalue weighted by Gasteiger charge is 2.17. The number of likely N-dealkylation sites (tertiary alicyclic amines) is 2. The van der Waals surface area contributed by atoms with Gasteiger partial charge in [0.15, 0.2) is 0 Å². The average molecular weight is 243 g/mol. The van der Waals surface area contributed by atoms with Crippen molar-refractivity contribution in [2.24, 2.45) is 0 Å². The molecule has 0 amide bonds.